The van der Waals surface area contributed by atoms with Crippen LogP contribution >= 0.6 is 11.3 Å². The maximum atomic E-state index is 14.1. The summed E-state index contributed by atoms with van der Waals surface area (Å²) in [4.78, 5) is 47.9. The number of anilines is 1. The summed E-state index contributed by atoms with van der Waals surface area (Å²) < 4.78 is 12.7. The lowest BCUT2D eigenvalue weighted by atomic mass is 9.95. The maximum absolute atomic E-state index is 14.1. The quantitative estimate of drug-likeness (QED) is 0.455. The molecule has 5 rings (SSSR count). The number of allylic oxidation sites excluding steroid dienone is 1. The van der Waals surface area contributed by atoms with Crippen LogP contribution < -0.4 is 24.5 Å². The van der Waals surface area contributed by atoms with Crippen molar-refractivity contribution in [2.75, 3.05) is 18.6 Å². The molecule has 0 aliphatic carbocycles. The molecular formula is C29H29N3O5S. The number of ether oxygens (including phenoxy) is 2. The number of hydrogen-bond acceptors (Lipinski definition) is 7. The molecule has 1 atom stereocenters. The maximum Gasteiger partial charge on any atom is 0.338 e. The molecule has 2 aliphatic rings. The molecule has 1 aromatic heterocycles. The van der Waals surface area contributed by atoms with Gasteiger partial charge in [0.05, 0.1) is 41.8 Å². The molecular weight excluding hydrogens is 502 g/mol. The summed E-state index contributed by atoms with van der Waals surface area (Å²) in [6, 6.07) is 14.0. The molecule has 2 aliphatic heterocycles. The van der Waals surface area contributed by atoms with E-state index in [1.807, 2.05) is 43.3 Å². The van der Waals surface area contributed by atoms with Gasteiger partial charge in [0.1, 0.15) is 10.3 Å². The fourth-order valence-corrected chi connectivity index (χ4v) is 6.09. The Kier molecular flexibility index (Phi) is 6.79. The average molecular weight is 532 g/mol. The Morgan fingerprint density at radius 2 is 1.82 bits per heavy atom. The minimum Gasteiger partial charge on any atom is -0.497 e. The number of nitrogens with zero attached hydrogens (tertiary/aromatic N) is 3. The lowest BCUT2D eigenvalue weighted by Crippen LogP contribution is -2.41. The number of methoxy groups -OCH3 is 1. The van der Waals surface area contributed by atoms with E-state index in [1.54, 1.807) is 44.9 Å². The minimum atomic E-state index is -0.767. The third-order valence-electron chi connectivity index (χ3n) is 6.59. The normalized spacial score (nSPS) is 17.9. The molecule has 3 aromatic rings. The van der Waals surface area contributed by atoms with Crippen LogP contribution in [-0.2, 0) is 14.3 Å². The fourth-order valence-electron chi connectivity index (χ4n) is 4.96. The van der Waals surface area contributed by atoms with E-state index in [1.165, 1.54) is 15.9 Å². The van der Waals surface area contributed by atoms with Gasteiger partial charge in [0.15, 0.2) is 4.80 Å². The van der Waals surface area contributed by atoms with Gasteiger partial charge >= 0.3 is 5.97 Å². The largest absolute Gasteiger partial charge is 0.497 e. The highest BCUT2D eigenvalue weighted by Gasteiger charge is 2.37. The van der Waals surface area contributed by atoms with E-state index in [-0.39, 0.29) is 17.6 Å². The van der Waals surface area contributed by atoms with Gasteiger partial charge in [-0.15, -0.1) is 0 Å². The zero-order valence-corrected chi connectivity index (χ0v) is 22.8. The summed E-state index contributed by atoms with van der Waals surface area (Å²) in [5.41, 5.74) is 3.00. The molecule has 8 nitrogen and oxygen atoms in total. The average Bonchev–Trinajstić information content (AvgIpc) is 3.35. The molecule has 0 spiro atoms. The van der Waals surface area contributed by atoms with Crippen LogP contribution in [0.2, 0.25) is 0 Å². The number of rotatable bonds is 6. The summed E-state index contributed by atoms with van der Waals surface area (Å²) >= 11 is 1.17. The van der Waals surface area contributed by atoms with E-state index in [4.69, 9.17) is 9.47 Å². The molecule has 2 aromatic carbocycles. The van der Waals surface area contributed by atoms with Gasteiger partial charge in [-0.1, -0.05) is 48.6 Å². The molecule has 3 heterocycles. The SMILES string of the molecule is CCCN1C(=O)/C(=c2\sc3n(c2=O)[C@H](c2ccc(OC)cc2)C(C(=O)OC(C)C)=C(C)N=3)c2ccccc21. The van der Waals surface area contributed by atoms with Gasteiger partial charge in [0.2, 0.25) is 0 Å². The van der Waals surface area contributed by atoms with E-state index >= 15 is 0 Å². The number of fused-ring (bicyclic) bond motifs is 2. The molecule has 0 unspecified atom stereocenters. The highest BCUT2D eigenvalue weighted by Crippen LogP contribution is 2.36. The molecule has 9 heteroatoms. The van der Waals surface area contributed by atoms with Crippen molar-refractivity contribution in [1.29, 1.82) is 0 Å². The minimum absolute atomic E-state index is 0.200. The number of benzene rings is 2. The molecule has 0 radical (unpaired) electrons. The standard InChI is InChI=1S/C29H29N3O5S/c1-6-15-31-21-10-8-7-9-20(21)23(26(31)33)25-27(34)32-24(18-11-13-19(36-5)14-12-18)22(28(35)37-16(2)3)17(4)30-29(32)38-25/h7-14,16,24H,6,15H2,1-5H3/b25-23-/t24-/m1/s1. The van der Waals surface area contributed by atoms with Gasteiger partial charge in [-0.3, -0.25) is 14.2 Å². The van der Waals surface area contributed by atoms with Crippen molar-refractivity contribution >= 4 is 34.5 Å². The third kappa shape index (κ3) is 4.16. The van der Waals surface area contributed by atoms with Gasteiger partial charge < -0.3 is 14.4 Å². The van der Waals surface area contributed by atoms with Crippen LogP contribution in [0.25, 0.3) is 5.57 Å². The first-order valence-corrected chi connectivity index (χ1v) is 13.4. The van der Waals surface area contributed by atoms with Gasteiger partial charge in [-0.05, 0) is 51.0 Å². The molecule has 1 amide bonds. The van der Waals surface area contributed by atoms with E-state index in [0.29, 0.717) is 44.0 Å². The van der Waals surface area contributed by atoms with E-state index in [0.717, 1.165) is 17.7 Å². The van der Waals surface area contributed by atoms with Crippen molar-refractivity contribution in [2.24, 2.45) is 4.99 Å². The summed E-state index contributed by atoms with van der Waals surface area (Å²) in [5, 5.41) is 0. The van der Waals surface area contributed by atoms with Crippen LogP contribution in [0.1, 0.15) is 51.3 Å². The molecule has 0 N–H and O–H groups in total. The van der Waals surface area contributed by atoms with Gasteiger partial charge in [-0.25, -0.2) is 9.79 Å². The number of hydrogen-bond donors (Lipinski definition) is 0. The van der Waals surface area contributed by atoms with Gasteiger partial charge in [0, 0.05) is 12.1 Å². The first-order chi connectivity index (χ1) is 18.3. The van der Waals surface area contributed by atoms with E-state index < -0.39 is 12.0 Å². The molecule has 0 bridgehead atoms. The lowest BCUT2D eigenvalue weighted by Gasteiger charge is -2.25. The fraction of sp³-hybridized carbons (Fsp3) is 0.310. The molecule has 0 saturated carbocycles. The highest BCUT2D eigenvalue weighted by atomic mass is 32.1. The summed E-state index contributed by atoms with van der Waals surface area (Å²) in [5.74, 6) is -0.0783. The van der Waals surface area contributed by atoms with Crippen molar-refractivity contribution < 1.29 is 19.1 Å². The number of amides is 1. The summed E-state index contributed by atoms with van der Waals surface area (Å²) in [6.07, 6.45) is 0.440. The van der Waals surface area contributed by atoms with Crippen LogP contribution in [-0.4, -0.2) is 36.2 Å². The van der Waals surface area contributed by atoms with Crippen LogP contribution in [0.15, 0.2) is 69.6 Å². The van der Waals surface area contributed by atoms with Crippen molar-refractivity contribution in [2.45, 2.75) is 46.3 Å². The number of carbonyl (C=O) groups excluding carboxylic acids is 2. The highest BCUT2D eigenvalue weighted by molar-refractivity contribution is 7.07. The van der Waals surface area contributed by atoms with Crippen LogP contribution in [0.5, 0.6) is 5.75 Å². The number of para-hydroxylation sites is 1. The van der Waals surface area contributed by atoms with Gasteiger partial charge in [-0.2, -0.15) is 0 Å². The number of aromatic nitrogens is 1. The third-order valence-corrected chi connectivity index (χ3v) is 7.64. The second-order valence-corrected chi connectivity index (χ2v) is 10.5. The summed E-state index contributed by atoms with van der Waals surface area (Å²) in [7, 11) is 1.58. The Labute approximate surface area is 224 Å². The molecule has 0 fully saturated rings. The van der Waals surface area contributed by atoms with Crippen LogP contribution in [0.3, 0.4) is 0 Å². The Morgan fingerprint density at radius 3 is 2.47 bits per heavy atom. The van der Waals surface area contributed by atoms with Crippen LogP contribution in [0.4, 0.5) is 5.69 Å². The molecule has 38 heavy (non-hydrogen) atoms. The Balaban J connectivity index is 1.79. The van der Waals surface area contributed by atoms with Crippen molar-refractivity contribution in [3.05, 3.63) is 90.6 Å². The Hall–Kier alpha value is -3.98. The van der Waals surface area contributed by atoms with Crippen LogP contribution in [0, 0.1) is 0 Å². The predicted molar refractivity (Wildman–Crippen MR) is 146 cm³/mol. The van der Waals surface area contributed by atoms with Crippen molar-refractivity contribution in [1.82, 2.24) is 4.57 Å². The number of thiazole rings is 1. The monoisotopic (exact) mass is 531 g/mol. The second-order valence-electron chi connectivity index (χ2n) is 9.48. The molecule has 196 valence electrons. The van der Waals surface area contributed by atoms with E-state index in [2.05, 4.69) is 4.99 Å². The first kappa shape index (κ1) is 25.7. The summed E-state index contributed by atoms with van der Waals surface area (Å²) in [6.45, 7) is 7.86. The first-order valence-electron chi connectivity index (χ1n) is 12.6. The zero-order valence-electron chi connectivity index (χ0n) is 22.0. The lowest BCUT2D eigenvalue weighted by molar-refractivity contribution is -0.143. The molecule has 0 saturated heterocycles. The second kappa shape index (κ2) is 10.1. The van der Waals surface area contributed by atoms with Crippen molar-refractivity contribution in [3.63, 3.8) is 0 Å². The number of carbonyl (C=O) groups is 2. The Morgan fingerprint density at radius 1 is 1.11 bits per heavy atom. The predicted octanol–water partition coefficient (Wildman–Crippen LogP) is 3.32. The number of esters is 1. The van der Waals surface area contributed by atoms with E-state index in [9.17, 15) is 14.4 Å². The zero-order chi connectivity index (χ0) is 27.1. The van der Waals surface area contributed by atoms with Crippen molar-refractivity contribution in [3.8, 4) is 5.75 Å². The Bertz CT molecular complexity index is 1650. The van der Waals surface area contributed by atoms with Gasteiger partial charge in [0.25, 0.3) is 11.5 Å². The topological polar surface area (TPSA) is 90.2 Å². The smallest absolute Gasteiger partial charge is 0.338 e.